The summed E-state index contributed by atoms with van der Waals surface area (Å²) in [5, 5.41) is 12.7. The Morgan fingerprint density at radius 2 is 0.911 bits per heavy atom. The maximum absolute atomic E-state index is 12.1. The zero-order chi connectivity index (χ0) is 41.1. The van der Waals surface area contributed by atoms with Gasteiger partial charge in [0.2, 0.25) is 5.91 Å². The normalized spacial score (nSPS) is 13.4. The molecular weight excluding hydrogens is 725 g/mol. The molecule has 0 aromatic rings. The molecule has 0 heterocycles. The molecule has 0 spiro atoms. The average molecular weight is 814 g/mol. The minimum absolute atomic E-state index is 0.0807. The van der Waals surface area contributed by atoms with Crippen molar-refractivity contribution in [3.63, 3.8) is 0 Å². The van der Waals surface area contributed by atoms with Gasteiger partial charge in [-0.3, -0.25) is 18.6 Å². The van der Waals surface area contributed by atoms with Crippen molar-refractivity contribution in [2.24, 2.45) is 0 Å². The van der Waals surface area contributed by atoms with Crippen molar-refractivity contribution in [2.45, 2.75) is 232 Å². The number of carbonyl (C=O) groups is 2. The van der Waals surface area contributed by atoms with Crippen molar-refractivity contribution in [2.75, 3.05) is 26.4 Å². The molecule has 0 aromatic carbocycles. The van der Waals surface area contributed by atoms with Gasteiger partial charge in [-0.05, 0) is 64.2 Å². The molecule has 56 heavy (non-hydrogen) atoms. The van der Waals surface area contributed by atoms with Gasteiger partial charge in [0.1, 0.15) is 12.7 Å². The van der Waals surface area contributed by atoms with Crippen LogP contribution in [0.4, 0.5) is 0 Å². The van der Waals surface area contributed by atoms with E-state index >= 15 is 0 Å². The van der Waals surface area contributed by atoms with Gasteiger partial charge >= 0.3 is 13.8 Å². The topological polar surface area (TPSA) is 131 Å². The average Bonchev–Trinajstić information content (AvgIpc) is 3.18. The molecule has 0 bridgehead atoms. The van der Waals surface area contributed by atoms with Gasteiger partial charge in [0.15, 0.2) is 0 Å². The zero-order valence-corrected chi connectivity index (χ0v) is 37.2. The van der Waals surface area contributed by atoms with Gasteiger partial charge in [0, 0.05) is 19.4 Å². The highest BCUT2D eigenvalue weighted by Crippen LogP contribution is 2.42. The van der Waals surface area contributed by atoms with Crippen molar-refractivity contribution in [1.82, 2.24) is 5.32 Å². The quantitative estimate of drug-likeness (QED) is 0.0240. The summed E-state index contributed by atoms with van der Waals surface area (Å²) in [5.74, 6) is -0.519. The minimum Gasteiger partial charge on any atom is -0.463 e. The smallest absolute Gasteiger partial charge is 0.463 e. The van der Waals surface area contributed by atoms with Crippen LogP contribution in [-0.2, 0) is 27.9 Å². The highest BCUT2D eigenvalue weighted by Gasteiger charge is 2.23. The first-order chi connectivity index (χ1) is 27.3. The fourth-order valence-electron chi connectivity index (χ4n) is 6.55. The monoisotopic (exact) mass is 814 g/mol. The van der Waals surface area contributed by atoms with Crippen LogP contribution in [0.5, 0.6) is 0 Å². The van der Waals surface area contributed by atoms with E-state index in [1.54, 1.807) is 0 Å². The van der Waals surface area contributed by atoms with E-state index in [-0.39, 0.29) is 32.1 Å². The summed E-state index contributed by atoms with van der Waals surface area (Å²) in [6, 6.07) is 0. The van der Waals surface area contributed by atoms with Crippen LogP contribution in [0.3, 0.4) is 0 Å². The van der Waals surface area contributed by atoms with Crippen LogP contribution >= 0.6 is 7.82 Å². The van der Waals surface area contributed by atoms with E-state index in [4.69, 9.17) is 13.8 Å². The second-order valence-electron chi connectivity index (χ2n) is 15.7. The highest BCUT2D eigenvalue weighted by molar-refractivity contribution is 7.47. The first-order valence-corrected chi connectivity index (χ1v) is 24.8. The third-order valence-electron chi connectivity index (χ3n) is 10.1. The number of phosphoric ester groups is 1. The number of unbranched alkanes of at least 4 members (excludes halogenated alkanes) is 27. The number of hydrogen-bond acceptors (Lipinski definition) is 7. The number of rotatable bonds is 44. The van der Waals surface area contributed by atoms with E-state index in [1.165, 1.54) is 161 Å². The Bertz CT molecular complexity index is 975. The largest absolute Gasteiger partial charge is 0.472 e. The molecule has 0 aliphatic rings. The van der Waals surface area contributed by atoms with Gasteiger partial charge in [-0.25, -0.2) is 4.57 Å². The first-order valence-electron chi connectivity index (χ1n) is 23.3. The molecule has 0 aromatic heterocycles. The predicted octanol–water partition coefficient (Wildman–Crippen LogP) is 13.2. The van der Waals surface area contributed by atoms with Gasteiger partial charge < -0.3 is 20.1 Å². The van der Waals surface area contributed by atoms with E-state index in [0.717, 1.165) is 38.5 Å². The number of allylic oxidation sites excluding steroid dienone is 4. The Kier molecular flexibility index (Phi) is 41.9. The molecule has 0 aliphatic carbocycles. The third kappa shape index (κ3) is 43.6. The van der Waals surface area contributed by atoms with Crippen molar-refractivity contribution in [1.29, 1.82) is 0 Å². The number of esters is 1. The Morgan fingerprint density at radius 1 is 0.536 bits per heavy atom. The molecule has 0 aliphatic heterocycles. The van der Waals surface area contributed by atoms with Crippen LogP contribution in [0.15, 0.2) is 24.3 Å². The van der Waals surface area contributed by atoms with Crippen LogP contribution in [0.1, 0.15) is 226 Å². The van der Waals surface area contributed by atoms with Crippen LogP contribution in [0.25, 0.3) is 0 Å². The van der Waals surface area contributed by atoms with Gasteiger partial charge in [-0.1, -0.05) is 173 Å². The van der Waals surface area contributed by atoms with Crippen LogP contribution < -0.4 is 5.32 Å². The molecule has 2 unspecified atom stereocenters. The molecule has 1 amide bonds. The molecule has 0 radical (unpaired) electrons. The lowest BCUT2D eigenvalue weighted by molar-refractivity contribution is -0.147. The number of hydrogen-bond donors (Lipinski definition) is 3. The Labute approximate surface area is 344 Å². The van der Waals surface area contributed by atoms with E-state index in [1.807, 2.05) is 0 Å². The van der Waals surface area contributed by atoms with Crippen molar-refractivity contribution >= 4 is 19.7 Å². The second kappa shape index (κ2) is 43.1. The molecule has 330 valence electrons. The molecule has 0 fully saturated rings. The first kappa shape index (κ1) is 54.5. The van der Waals surface area contributed by atoms with Gasteiger partial charge in [-0.2, -0.15) is 0 Å². The molecule has 3 N–H and O–H groups in total. The Morgan fingerprint density at radius 3 is 1.34 bits per heavy atom. The molecule has 2 atom stereocenters. The lowest BCUT2D eigenvalue weighted by atomic mass is 10.1. The van der Waals surface area contributed by atoms with Gasteiger partial charge in [-0.15, -0.1) is 0 Å². The molecule has 0 saturated carbocycles. The number of phosphoric acid groups is 1. The standard InChI is InChI=1S/C46H88NO8P/c1-3-5-7-9-11-13-15-17-19-21-23-25-27-29-31-33-35-37-39-46(50)53-42-44(48)43-55-56(51,52)54-41-40-47-45(49)38-36-34-32-30-28-26-24-22-20-18-16-14-12-10-8-6-4-2/h18-21,44,48H,3-17,22-43H2,1-2H3,(H,47,49)(H,51,52)/b20-18-,21-19-. The number of amides is 1. The Hall–Kier alpha value is -1.51. The molecule has 0 saturated heterocycles. The minimum atomic E-state index is -4.42. The van der Waals surface area contributed by atoms with E-state index < -0.39 is 26.5 Å². The fraction of sp³-hybridized carbons (Fsp3) is 0.870. The number of carbonyl (C=O) groups excluding carboxylic acids is 2. The van der Waals surface area contributed by atoms with Crippen LogP contribution in [0, 0.1) is 0 Å². The number of nitrogens with one attached hydrogen (secondary N) is 1. The second-order valence-corrected chi connectivity index (χ2v) is 17.2. The van der Waals surface area contributed by atoms with Gasteiger partial charge in [0.25, 0.3) is 0 Å². The summed E-state index contributed by atoms with van der Waals surface area (Å²) < 4.78 is 26.9. The summed E-state index contributed by atoms with van der Waals surface area (Å²) in [6.45, 7) is 3.56. The molecule has 0 rings (SSSR count). The highest BCUT2D eigenvalue weighted by atomic mass is 31.2. The lowest BCUT2D eigenvalue weighted by Crippen LogP contribution is -2.27. The SMILES string of the molecule is CCCCCCCC/C=C\CCCCCCCCCC(=O)NCCOP(=O)(O)OCC(O)COC(=O)CCCCCCCCC/C=C\CCCCCCCCC. The molecule has 10 heteroatoms. The Balaban J connectivity index is 3.58. The van der Waals surface area contributed by atoms with E-state index in [9.17, 15) is 24.2 Å². The van der Waals surface area contributed by atoms with Crippen LogP contribution in [0.2, 0.25) is 0 Å². The summed E-state index contributed by atoms with van der Waals surface area (Å²) in [6.07, 6.45) is 46.8. The van der Waals surface area contributed by atoms with Gasteiger partial charge in [0.05, 0.1) is 13.2 Å². The zero-order valence-electron chi connectivity index (χ0n) is 36.3. The molecular formula is C46H88NO8P. The summed E-state index contributed by atoms with van der Waals surface area (Å²) in [7, 11) is -4.42. The third-order valence-corrected chi connectivity index (χ3v) is 11.1. The lowest BCUT2D eigenvalue weighted by Gasteiger charge is -2.15. The summed E-state index contributed by atoms with van der Waals surface area (Å²) in [4.78, 5) is 34.0. The fourth-order valence-corrected chi connectivity index (χ4v) is 7.30. The summed E-state index contributed by atoms with van der Waals surface area (Å²) in [5.41, 5.74) is 0. The molecule has 9 nitrogen and oxygen atoms in total. The van der Waals surface area contributed by atoms with E-state index in [0.29, 0.717) is 6.42 Å². The maximum Gasteiger partial charge on any atom is 0.472 e. The predicted molar refractivity (Wildman–Crippen MR) is 234 cm³/mol. The van der Waals surface area contributed by atoms with Crippen molar-refractivity contribution in [3.8, 4) is 0 Å². The van der Waals surface area contributed by atoms with Crippen molar-refractivity contribution in [3.05, 3.63) is 24.3 Å². The summed E-state index contributed by atoms with van der Waals surface area (Å²) >= 11 is 0. The number of ether oxygens (including phenoxy) is 1. The van der Waals surface area contributed by atoms with E-state index in [2.05, 4.69) is 43.5 Å². The van der Waals surface area contributed by atoms with Crippen LogP contribution in [-0.4, -0.2) is 54.3 Å². The maximum atomic E-state index is 12.1. The number of aliphatic hydroxyl groups excluding tert-OH is 1. The van der Waals surface area contributed by atoms with Crippen molar-refractivity contribution < 1.29 is 37.9 Å². The number of aliphatic hydroxyl groups is 1.